The van der Waals surface area contributed by atoms with E-state index in [1.165, 1.54) is 6.92 Å². The quantitative estimate of drug-likeness (QED) is 0.798. The van der Waals surface area contributed by atoms with E-state index < -0.39 is 0 Å². The average molecular weight is 301 g/mol. The van der Waals surface area contributed by atoms with Gasteiger partial charge in [-0.2, -0.15) is 5.26 Å². The number of halogens is 2. The molecule has 0 aliphatic carbocycles. The van der Waals surface area contributed by atoms with E-state index in [1.54, 1.807) is 0 Å². The van der Waals surface area contributed by atoms with Crippen molar-refractivity contribution in [3.8, 4) is 6.07 Å². The lowest BCUT2D eigenvalue weighted by molar-refractivity contribution is -0.116. The fourth-order valence-corrected chi connectivity index (χ4v) is 2.06. The van der Waals surface area contributed by atoms with Crippen LogP contribution in [0.1, 0.15) is 28.4 Å². The van der Waals surface area contributed by atoms with E-state index in [9.17, 15) is 4.79 Å². The number of hydrogen-bond acceptors (Lipinski definition) is 2. The molecule has 0 radical (unpaired) electrons. The van der Waals surface area contributed by atoms with Crippen LogP contribution in [-0.2, 0) is 17.1 Å². The molecule has 0 amide bonds. The van der Waals surface area contributed by atoms with Gasteiger partial charge in [0.25, 0.3) is 0 Å². The Hall–Kier alpha value is -0.850. The molecule has 4 heteroatoms. The molecule has 0 fully saturated rings. The summed E-state index contributed by atoms with van der Waals surface area (Å²) in [6.45, 7) is 1.52. The number of carbonyl (C=O) groups is 1. The second-order valence-corrected chi connectivity index (χ2v) is 4.66. The number of ketones is 1. The van der Waals surface area contributed by atoms with Crippen LogP contribution < -0.4 is 0 Å². The number of hydrogen-bond donors (Lipinski definition) is 0. The second kappa shape index (κ2) is 6.03. The number of alkyl halides is 2. The third-order valence-corrected chi connectivity index (χ3v) is 3.71. The summed E-state index contributed by atoms with van der Waals surface area (Å²) < 4.78 is 0. The van der Waals surface area contributed by atoms with E-state index in [1.807, 2.05) is 18.2 Å². The largest absolute Gasteiger partial charge is 0.298 e. The Morgan fingerprint density at radius 2 is 2.31 bits per heavy atom. The molecule has 16 heavy (non-hydrogen) atoms. The maximum absolute atomic E-state index is 11.3. The SMILES string of the molecule is CC(=O)C(Br)c1ccc(CCl)cc1CC#N. The molecule has 0 aliphatic rings. The topological polar surface area (TPSA) is 40.9 Å². The maximum Gasteiger partial charge on any atom is 0.147 e. The van der Waals surface area contributed by atoms with Gasteiger partial charge in [-0.25, -0.2) is 0 Å². The highest BCUT2D eigenvalue weighted by Crippen LogP contribution is 2.28. The normalized spacial score (nSPS) is 11.9. The zero-order valence-electron chi connectivity index (χ0n) is 8.84. The lowest BCUT2D eigenvalue weighted by Gasteiger charge is -2.12. The molecule has 1 aromatic rings. The fourth-order valence-electron chi connectivity index (χ4n) is 1.45. The van der Waals surface area contributed by atoms with Crippen LogP contribution in [-0.4, -0.2) is 5.78 Å². The van der Waals surface area contributed by atoms with Gasteiger partial charge in [-0.3, -0.25) is 4.79 Å². The molecule has 2 nitrogen and oxygen atoms in total. The minimum Gasteiger partial charge on any atom is -0.298 e. The first-order valence-corrected chi connectivity index (χ1v) is 6.24. The van der Waals surface area contributed by atoms with Crippen LogP contribution in [0.25, 0.3) is 0 Å². The molecule has 0 aliphatic heterocycles. The maximum atomic E-state index is 11.3. The lowest BCUT2D eigenvalue weighted by atomic mass is 9.98. The molecular formula is C12H11BrClNO. The van der Waals surface area contributed by atoms with E-state index in [0.717, 1.165) is 16.7 Å². The van der Waals surface area contributed by atoms with Crippen LogP contribution in [0.2, 0.25) is 0 Å². The third-order valence-electron chi connectivity index (χ3n) is 2.26. The molecular weight excluding hydrogens is 289 g/mol. The van der Waals surface area contributed by atoms with Crippen molar-refractivity contribution < 1.29 is 4.79 Å². The third kappa shape index (κ3) is 3.07. The van der Waals surface area contributed by atoms with E-state index in [0.29, 0.717) is 5.88 Å². The molecule has 0 N–H and O–H groups in total. The Morgan fingerprint density at radius 3 is 2.81 bits per heavy atom. The predicted octanol–water partition coefficient (Wildman–Crippen LogP) is 3.52. The average Bonchev–Trinajstić information content (AvgIpc) is 2.28. The van der Waals surface area contributed by atoms with Crippen molar-refractivity contribution in [2.75, 3.05) is 0 Å². The number of carbonyl (C=O) groups excluding carboxylic acids is 1. The standard InChI is InChI=1S/C12H11BrClNO/c1-8(16)12(13)11-3-2-9(7-14)6-10(11)4-5-15/h2-3,6,12H,4,7H2,1H3. The summed E-state index contributed by atoms with van der Waals surface area (Å²) >= 11 is 9.06. The Morgan fingerprint density at radius 1 is 1.62 bits per heavy atom. The van der Waals surface area contributed by atoms with Crippen molar-refractivity contribution in [1.29, 1.82) is 5.26 Å². The molecule has 1 unspecified atom stereocenters. The fraction of sp³-hybridized carbons (Fsp3) is 0.333. The van der Waals surface area contributed by atoms with Crippen molar-refractivity contribution in [1.82, 2.24) is 0 Å². The number of nitriles is 1. The first-order valence-electron chi connectivity index (χ1n) is 4.79. The van der Waals surface area contributed by atoms with Crippen LogP contribution in [0.15, 0.2) is 18.2 Å². The summed E-state index contributed by atoms with van der Waals surface area (Å²) in [6, 6.07) is 7.70. The van der Waals surface area contributed by atoms with Crippen molar-refractivity contribution in [3.63, 3.8) is 0 Å². The van der Waals surface area contributed by atoms with Crippen molar-refractivity contribution in [2.24, 2.45) is 0 Å². The molecule has 0 saturated carbocycles. The number of rotatable bonds is 4. The highest BCUT2D eigenvalue weighted by Gasteiger charge is 2.16. The van der Waals surface area contributed by atoms with Crippen LogP contribution in [0.5, 0.6) is 0 Å². The lowest BCUT2D eigenvalue weighted by Crippen LogP contribution is -2.05. The van der Waals surface area contributed by atoms with Gasteiger partial charge in [0.05, 0.1) is 17.3 Å². The van der Waals surface area contributed by atoms with E-state index in [4.69, 9.17) is 16.9 Å². The van der Waals surface area contributed by atoms with Crippen molar-refractivity contribution in [3.05, 3.63) is 34.9 Å². The van der Waals surface area contributed by atoms with Gasteiger partial charge in [-0.05, 0) is 23.6 Å². The van der Waals surface area contributed by atoms with Gasteiger partial charge in [0.15, 0.2) is 0 Å². The minimum atomic E-state index is -0.347. The summed E-state index contributed by atoms with van der Waals surface area (Å²) in [5.74, 6) is 0.434. The van der Waals surface area contributed by atoms with Gasteiger partial charge in [0.2, 0.25) is 0 Å². The first kappa shape index (κ1) is 13.2. The van der Waals surface area contributed by atoms with Gasteiger partial charge >= 0.3 is 0 Å². The predicted molar refractivity (Wildman–Crippen MR) is 67.7 cm³/mol. The van der Waals surface area contributed by atoms with Gasteiger partial charge < -0.3 is 0 Å². The minimum absolute atomic E-state index is 0.0258. The molecule has 0 bridgehead atoms. The molecule has 0 heterocycles. The van der Waals surface area contributed by atoms with Crippen LogP contribution in [0.3, 0.4) is 0 Å². The van der Waals surface area contributed by atoms with E-state index in [2.05, 4.69) is 22.0 Å². The highest BCUT2D eigenvalue weighted by molar-refractivity contribution is 9.09. The smallest absolute Gasteiger partial charge is 0.147 e. The first-order chi connectivity index (χ1) is 7.60. The Balaban J connectivity index is 3.18. The zero-order valence-corrected chi connectivity index (χ0v) is 11.2. The monoisotopic (exact) mass is 299 g/mol. The Labute approximate surface area is 108 Å². The number of Topliss-reactive ketones (excluding diaryl/α,β-unsaturated/α-hetero) is 1. The number of benzene rings is 1. The van der Waals surface area contributed by atoms with Crippen molar-refractivity contribution >= 4 is 33.3 Å². The molecule has 1 atom stereocenters. The van der Waals surface area contributed by atoms with Gasteiger partial charge in [-0.15, -0.1) is 11.6 Å². The Bertz CT molecular complexity index is 439. The molecule has 0 spiro atoms. The number of nitrogens with zero attached hydrogens (tertiary/aromatic N) is 1. The molecule has 1 aromatic carbocycles. The second-order valence-electron chi connectivity index (χ2n) is 3.47. The van der Waals surface area contributed by atoms with Crippen LogP contribution in [0, 0.1) is 11.3 Å². The molecule has 0 aromatic heterocycles. The summed E-state index contributed by atoms with van der Waals surface area (Å²) in [4.78, 5) is 11.0. The summed E-state index contributed by atoms with van der Waals surface area (Å²) in [5, 5.41) is 8.74. The zero-order chi connectivity index (χ0) is 12.1. The van der Waals surface area contributed by atoms with Gasteiger partial charge in [0, 0.05) is 5.88 Å². The molecule has 0 saturated heterocycles. The highest BCUT2D eigenvalue weighted by atomic mass is 79.9. The summed E-state index contributed by atoms with van der Waals surface area (Å²) in [5.41, 5.74) is 2.67. The van der Waals surface area contributed by atoms with Crippen LogP contribution in [0.4, 0.5) is 0 Å². The van der Waals surface area contributed by atoms with Crippen LogP contribution >= 0.6 is 27.5 Å². The van der Waals surface area contributed by atoms with Gasteiger partial charge in [0.1, 0.15) is 5.78 Å². The molecule has 84 valence electrons. The van der Waals surface area contributed by atoms with Gasteiger partial charge in [-0.1, -0.05) is 34.1 Å². The van der Waals surface area contributed by atoms with E-state index >= 15 is 0 Å². The van der Waals surface area contributed by atoms with E-state index in [-0.39, 0.29) is 17.0 Å². The molecule has 1 rings (SSSR count). The summed E-state index contributed by atoms with van der Waals surface area (Å²) in [7, 11) is 0. The van der Waals surface area contributed by atoms with Crippen molar-refractivity contribution in [2.45, 2.75) is 24.1 Å². The Kier molecular flexibility index (Phi) is 4.98. The summed E-state index contributed by atoms with van der Waals surface area (Å²) in [6.07, 6.45) is 0.287.